The molecule has 1 heterocycles. The Balaban J connectivity index is 1.80. The highest BCUT2D eigenvalue weighted by atomic mass is 32.2. The van der Waals surface area contributed by atoms with Crippen molar-refractivity contribution in [2.45, 2.75) is 24.7 Å². The molecule has 1 atom stereocenters. The Labute approximate surface area is 152 Å². The molecule has 1 aliphatic heterocycles. The number of ether oxygens (including phenoxy) is 1. The minimum atomic E-state index is -3.90. The normalized spacial score (nSPS) is 17.4. The van der Waals surface area contributed by atoms with Crippen molar-refractivity contribution in [3.63, 3.8) is 0 Å². The van der Waals surface area contributed by atoms with E-state index in [1.54, 1.807) is 4.90 Å². The predicted molar refractivity (Wildman–Crippen MR) is 92.3 cm³/mol. The Bertz CT molecular complexity index is 799. The van der Waals surface area contributed by atoms with E-state index in [0.717, 1.165) is 12.8 Å². The van der Waals surface area contributed by atoms with Crippen LogP contribution in [0.1, 0.15) is 25.3 Å². The van der Waals surface area contributed by atoms with Crippen LogP contribution in [0.4, 0.5) is 0 Å². The Morgan fingerprint density at radius 1 is 1.35 bits per heavy atom. The van der Waals surface area contributed by atoms with Gasteiger partial charge in [-0.2, -0.15) is 9.98 Å². The van der Waals surface area contributed by atoms with Crippen molar-refractivity contribution in [3.05, 3.63) is 29.8 Å². The van der Waals surface area contributed by atoms with Gasteiger partial charge in [0.05, 0.1) is 16.5 Å². The number of esters is 1. The SMILES string of the molecule is C[C@H]1CCCN(C(=O)COC(=O)CNS(=O)(=O)c2ccc(C#N)cc2)C1. The van der Waals surface area contributed by atoms with Gasteiger partial charge in [-0.15, -0.1) is 0 Å². The van der Waals surface area contributed by atoms with Gasteiger partial charge in [0.25, 0.3) is 5.91 Å². The number of carbonyl (C=O) groups is 2. The highest BCUT2D eigenvalue weighted by Crippen LogP contribution is 2.15. The van der Waals surface area contributed by atoms with E-state index in [2.05, 4.69) is 11.6 Å². The Morgan fingerprint density at radius 2 is 2.04 bits per heavy atom. The van der Waals surface area contributed by atoms with E-state index >= 15 is 0 Å². The van der Waals surface area contributed by atoms with E-state index in [-0.39, 0.29) is 10.8 Å². The van der Waals surface area contributed by atoms with Gasteiger partial charge >= 0.3 is 5.97 Å². The molecule has 0 saturated carbocycles. The fourth-order valence-electron chi connectivity index (χ4n) is 2.65. The number of amides is 1. The van der Waals surface area contributed by atoms with Crippen molar-refractivity contribution in [3.8, 4) is 6.07 Å². The minimum Gasteiger partial charge on any atom is -0.455 e. The summed E-state index contributed by atoms with van der Waals surface area (Å²) in [6.07, 6.45) is 1.99. The van der Waals surface area contributed by atoms with Crippen LogP contribution in [0, 0.1) is 17.2 Å². The van der Waals surface area contributed by atoms with Gasteiger partial charge in [0.15, 0.2) is 6.61 Å². The number of carbonyl (C=O) groups excluding carboxylic acids is 2. The highest BCUT2D eigenvalue weighted by molar-refractivity contribution is 7.89. The molecule has 1 fully saturated rings. The monoisotopic (exact) mass is 379 g/mol. The molecule has 0 aromatic heterocycles. The molecule has 1 N–H and O–H groups in total. The third-order valence-electron chi connectivity index (χ3n) is 4.07. The number of piperidine rings is 1. The molecular formula is C17H21N3O5S. The maximum atomic E-state index is 12.1. The van der Waals surface area contributed by atoms with E-state index in [0.29, 0.717) is 24.6 Å². The van der Waals surface area contributed by atoms with Gasteiger partial charge in [0.1, 0.15) is 6.54 Å². The van der Waals surface area contributed by atoms with Crippen LogP contribution in [-0.4, -0.2) is 51.4 Å². The first kappa shape index (κ1) is 19.9. The van der Waals surface area contributed by atoms with Crippen molar-refractivity contribution < 1.29 is 22.7 Å². The van der Waals surface area contributed by atoms with E-state index < -0.39 is 29.1 Å². The van der Waals surface area contributed by atoms with Crippen molar-refractivity contribution in [1.29, 1.82) is 5.26 Å². The maximum absolute atomic E-state index is 12.1. The standard InChI is InChI=1S/C17H21N3O5S/c1-13-3-2-8-20(11-13)16(21)12-25-17(22)10-19-26(23,24)15-6-4-14(9-18)5-7-15/h4-7,13,19H,2-3,8,10-12H2,1H3/t13-/m0/s1. The third-order valence-corrected chi connectivity index (χ3v) is 5.48. The van der Waals surface area contributed by atoms with Crippen molar-refractivity contribution in [2.24, 2.45) is 5.92 Å². The molecule has 1 amide bonds. The number of hydrogen-bond acceptors (Lipinski definition) is 6. The molecule has 1 aromatic carbocycles. The molecule has 140 valence electrons. The summed E-state index contributed by atoms with van der Waals surface area (Å²) in [5, 5.41) is 8.71. The fourth-order valence-corrected chi connectivity index (χ4v) is 3.62. The first-order valence-electron chi connectivity index (χ1n) is 8.25. The molecule has 0 aliphatic carbocycles. The van der Waals surface area contributed by atoms with Gasteiger partial charge < -0.3 is 9.64 Å². The predicted octanol–water partition coefficient (Wildman–Crippen LogP) is 0.638. The molecule has 0 radical (unpaired) electrons. The summed E-state index contributed by atoms with van der Waals surface area (Å²) < 4.78 is 31.1. The minimum absolute atomic E-state index is 0.0670. The van der Waals surface area contributed by atoms with Crippen LogP contribution in [0.5, 0.6) is 0 Å². The number of sulfonamides is 1. The topological polar surface area (TPSA) is 117 Å². The van der Waals surface area contributed by atoms with Crippen LogP contribution in [-0.2, 0) is 24.3 Å². The summed E-state index contributed by atoms with van der Waals surface area (Å²) in [6, 6.07) is 7.16. The Hall–Kier alpha value is -2.44. The molecule has 1 aliphatic rings. The van der Waals surface area contributed by atoms with Gasteiger partial charge in [-0.25, -0.2) is 8.42 Å². The second-order valence-electron chi connectivity index (χ2n) is 6.21. The molecular weight excluding hydrogens is 358 g/mol. The van der Waals surface area contributed by atoms with Gasteiger partial charge in [0, 0.05) is 13.1 Å². The number of nitrogens with one attached hydrogen (secondary N) is 1. The third kappa shape index (κ3) is 5.54. The number of nitrogens with zero attached hydrogens (tertiary/aromatic N) is 2. The van der Waals surface area contributed by atoms with Crippen LogP contribution in [0.3, 0.4) is 0 Å². The van der Waals surface area contributed by atoms with Crippen molar-refractivity contribution in [2.75, 3.05) is 26.2 Å². The summed E-state index contributed by atoms with van der Waals surface area (Å²) >= 11 is 0. The van der Waals surface area contributed by atoms with E-state index in [1.807, 2.05) is 6.07 Å². The van der Waals surface area contributed by atoms with Gasteiger partial charge in [-0.3, -0.25) is 9.59 Å². The molecule has 1 aromatic rings. The zero-order chi connectivity index (χ0) is 19.2. The molecule has 1 saturated heterocycles. The summed E-state index contributed by atoms with van der Waals surface area (Å²) in [7, 11) is -3.90. The van der Waals surface area contributed by atoms with Crippen LogP contribution < -0.4 is 4.72 Å². The number of rotatable bonds is 6. The van der Waals surface area contributed by atoms with Crippen LogP contribution in [0.25, 0.3) is 0 Å². The van der Waals surface area contributed by atoms with Crippen molar-refractivity contribution in [1.82, 2.24) is 9.62 Å². The summed E-state index contributed by atoms with van der Waals surface area (Å²) in [5.41, 5.74) is 0.328. The Kier molecular flexibility index (Phi) is 6.71. The smallest absolute Gasteiger partial charge is 0.321 e. The quantitative estimate of drug-likeness (QED) is 0.725. The molecule has 0 unspecified atom stereocenters. The van der Waals surface area contributed by atoms with E-state index in [4.69, 9.17) is 10.00 Å². The summed E-state index contributed by atoms with van der Waals surface area (Å²) in [5.74, 6) is -0.692. The lowest BCUT2D eigenvalue weighted by molar-refractivity contribution is -0.151. The highest BCUT2D eigenvalue weighted by Gasteiger charge is 2.22. The molecule has 0 bridgehead atoms. The zero-order valence-corrected chi connectivity index (χ0v) is 15.3. The molecule has 0 spiro atoms. The van der Waals surface area contributed by atoms with Crippen LogP contribution in [0.15, 0.2) is 29.2 Å². The van der Waals surface area contributed by atoms with Gasteiger partial charge in [-0.05, 0) is 43.0 Å². The molecule has 8 nitrogen and oxygen atoms in total. The van der Waals surface area contributed by atoms with Gasteiger partial charge in [-0.1, -0.05) is 6.92 Å². The van der Waals surface area contributed by atoms with Crippen LogP contribution in [0.2, 0.25) is 0 Å². The number of benzene rings is 1. The second-order valence-corrected chi connectivity index (χ2v) is 7.98. The van der Waals surface area contributed by atoms with Crippen molar-refractivity contribution >= 4 is 21.9 Å². The first-order valence-corrected chi connectivity index (χ1v) is 9.73. The molecule has 26 heavy (non-hydrogen) atoms. The largest absolute Gasteiger partial charge is 0.455 e. The average molecular weight is 379 g/mol. The van der Waals surface area contributed by atoms with E-state index in [1.165, 1.54) is 24.3 Å². The zero-order valence-electron chi connectivity index (χ0n) is 14.5. The van der Waals surface area contributed by atoms with E-state index in [9.17, 15) is 18.0 Å². The van der Waals surface area contributed by atoms with Gasteiger partial charge in [0.2, 0.25) is 10.0 Å². The fraction of sp³-hybridized carbons (Fsp3) is 0.471. The summed E-state index contributed by atoms with van der Waals surface area (Å²) in [6.45, 7) is 2.37. The lowest BCUT2D eigenvalue weighted by Crippen LogP contribution is -2.42. The second kappa shape index (κ2) is 8.78. The first-order chi connectivity index (χ1) is 12.3. The average Bonchev–Trinajstić information content (AvgIpc) is 2.64. The maximum Gasteiger partial charge on any atom is 0.321 e. The van der Waals surface area contributed by atoms with Crippen LogP contribution >= 0.6 is 0 Å². The number of hydrogen-bond donors (Lipinski definition) is 1. The number of nitriles is 1. The molecule has 2 rings (SSSR count). The Morgan fingerprint density at radius 3 is 2.65 bits per heavy atom. The lowest BCUT2D eigenvalue weighted by Gasteiger charge is -2.30. The molecule has 9 heteroatoms. The number of likely N-dealkylation sites (tertiary alicyclic amines) is 1. The lowest BCUT2D eigenvalue weighted by atomic mass is 10.0. The summed E-state index contributed by atoms with van der Waals surface area (Å²) in [4.78, 5) is 25.3.